The lowest BCUT2D eigenvalue weighted by Crippen LogP contribution is -2.09. The number of esters is 2. The van der Waals surface area contributed by atoms with Gasteiger partial charge in [0.15, 0.2) is 0 Å². The third-order valence-corrected chi connectivity index (χ3v) is 1.62. The van der Waals surface area contributed by atoms with E-state index in [0.717, 1.165) is 6.08 Å². The molecule has 0 saturated heterocycles. The Morgan fingerprint density at radius 2 is 2.00 bits per heavy atom. The number of carbonyl (C=O) groups is 2. The summed E-state index contributed by atoms with van der Waals surface area (Å²) in [6.07, 6.45) is 1.49. The van der Waals surface area contributed by atoms with Crippen LogP contribution in [-0.4, -0.2) is 19.0 Å². The van der Waals surface area contributed by atoms with Crippen molar-refractivity contribution in [1.82, 2.24) is 0 Å². The van der Waals surface area contributed by atoms with E-state index in [1.54, 1.807) is 13.8 Å². The van der Waals surface area contributed by atoms with Gasteiger partial charge in [0, 0.05) is 12.5 Å². The van der Waals surface area contributed by atoms with Gasteiger partial charge in [0.05, 0.1) is 12.7 Å². The van der Waals surface area contributed by atoms with Gasteiger partial charge >= 0.3 is 11.9 Å². The minimum Gasteiger partial charge on any atom is -0.466 e. The fraction of sp³-hybridized carbons (Fsp3) is 0.400. The molecule has 0 N–H and O–H groups in total. The summed E-state index contributed by atoms with van der Waals surface area (Å²) in [6, 6.07) is 0. The lowest BCUT2D eigenvalue weighted by Gasteiger charge is -2.07. The number of ether oxygens (including phenoxy) is 2. The van der Waals surface area contributed by atoms with E-state index in [1.165, 1.54) is 7.11 Å². The van der Waals surface area contributed by atoms with Crippen LogP contribution in [0.2, 0.25) is 0 Å². The van der Waals surface area contributed by atoms with Gasteiger partial charge in [-0.05, 0) is 6.92 Å². The number of allylic oxidation sites excluding steroid dienone is 1. The number of carbonyl (C=O) groups excluding carboxylic acids is 2. The molecule has 0 spiro atoms. The third-order valence-electron chi connectivity index (χ3n) is 1.62. The summed E-state index contributed by atoms with van der Waals surface area (Å²) in [7, 11) is 1.27. The Morgan fingerprint density at radius 3 is 2.36 bits per heavy atom. The van der Waals surface area contributed by atoms with E-state index in [-0.39, 0.29) is 0 Å². The Labute approximate surface area is 83.2 Å². The monoisotopic (exact) mass is 198 g/mol. The first kappa shape index (κ1) is 12.4. The molecule has 0 bridgehead atoms. The fourth-order valence-electron chi connectivity index (χ4n) is 0.844. The van der Waals surface area contributed by atoms with Gasteiger partial charge in [0.1, 0.15) is 5.76 Å². The minimum absolute atomic E-state index is 0.296. The average Bonchev–Trinajstić information content (AvgIpc) is 2.23. The van der Waals surface area contributed by atoms with E-state index in [0.29, 0.717) is 17.8 Å². The summed E-state index contributed by atoms with van der Waals surface area (Å²) in [4.78, 5) is 22.0. The van der Waals surface area contributed by atoms with Gasteiger partial charge in [-0.3, -0.25) is 0 Å². The smallest absolute Gasteiger partial charge is 0.336 e. The van der Waals surface area contributed by atoms with Crippen molar-refractivity contribution in [3.63, 3.8) is 0 Å². The van der Waals surface area contributed by atoms with Crippen LogP contribution in [0.3, 0.4) is 0 Å². The average molecular weight is 198 g/mol. The molecular formula is C10H14O4. The molecule has 0 atom stereocenters. The Hall–Kier alpha value is -1.58. The Morgan fingerprint density at radius 1 is 1.43 bits per heavy atom. The lowest BCUT2D eigenvalue weighted by atomic mass is 10.2. The van der Waals surface area contributed by atoms with Crippen LogP contribution in [0, 0.1) is 0 Å². The lowest BCUT2D eigenvalue weighted by molar-refractivity contribution is -0.137. The largest absolute Gasteiger partial charge is 0.466 e. The second-order valence-corrected chi connectivity index (χ2v) is 2.52. The van der Waals surface area contributed by atoms with Crippen LogP contribution in [0.5, 0.6) is 0 Å². The zero-order valence-electron chi connectivity index (χ0n) is 8.62. The molecule has 0 aromatic heterocycles. The van der Waals surface area contributed by atoms with Gasteiger partial charge in [0.25, 0.3) is 0 Å². The van der Waals surface area contributed by atoms with Crippen molar-refractivity contribution in [2.75, 3.05) is 7.11 Å². The number of methoxy groups -OCH3 is 1. The van der Waals surface area contributed by atoms with Gasteiger partial charge < -0.3 is 9.47 Å². The van der Waals surface area contributed by atoms with Crippen LogP contribution in [0.25, 0.3) is 0 Å². The van der Waals surface area contributed by atoms with Gasteiger partial charge in [-0.25, -0.2) is 9.59 Å². The molecule has 0 aliphatic heterocycles. The molecule has 14 heavy (non-hydrogen) atoms. The third kappa shape index (κ3) is 3.43. The normalized spacial score (nSPS) is 11.4. The molecule has 0 aliphatic rings. The van der Waals surface area contributed by atoms with Crippen molar-refractivity contribution >= 4 is 11.9 Å². The molecule has 0 heterocycles. The maximum atomic E-state index is 11.1. The molecular weight excluding hydrogens is 184 g/mol. The van der Waals surface area contributed by atoms with Crippen LogP contribution in [0.15, 0.2) is 24.0 Å². The minimum atomic E-state index is -0.579. The van der Waals surface area contributed by atoms with Crippen LogP contribution in [-0.2, 0) is 19.1 Å². The predicted octanol–water partition coefficient (Wildman–Crippen LogP) is 1.57. The molecule has 4 heteroatoms. The molecule has 0 radical (unpaired) electrons. The maximum absolute atomic E-state index is 11.1. The molecule has 0 amide bonds. The summed E-state index contributed by atoms with van der Waals surface area (Å²) >= 11 is 0. The quantitative estimate of drug-likeness (QED) is 0.391. The van der Waals surface area contributed by atoms with Gasteiger partial charge in [-0.2, -0.15) is 0 Å². The van der Waals surface area contributed by atoms with E-state index >= 15 is 0 Å². The van der Waals surface area contributed by atoms with Gasteiger partial charge in [-0.15, -0.1) is 0 Å². The van der Waals surface area contributed by atoms with Crippen LogP contribution >= 0.6 is 0 Å². The highest BCUT2D eigenvalue weighted by atomic mass is 16.5. The summed E-state index contributed by atoms with van der Waals surface area (Å²) in [5.41, 5.74) is 0.296. The van der Waals surface area contributed by atoms with Crippen LogP contribution in [0.1, 0.15) is 20.3 Å². The zero-order chi connectivity index (χ0) is 11.1. The van der Waals surface area contributed by atoms with Crippen LogP contribution in [0.4, 0.5) is 0 Å². The topological polar surface area (TPSA) is 52.6 Å². The number of hydrogen-bond acceptors (Lipinski definition) is 4. The fourth-order valence-corrected chi connectivity index (χ4v) is 0.844. The Bertz CT molecular complexity index is 276. The SMILES string of the molecule is C=CC(=O)O/C(CC)=C(/C)C(=O)OC. The van der Waals surface area contributed by atoms with Crippen molar-refractivity contribution < 1.29 is 19.1 Å². The van der Waals surface area contributed by atoms with Gasteiger partial charge in [-0.1, -0.05) is 13.5 Å². The van der Waals surface area contributed by atoms with E-state index in [1.807, 2.05) is 0 Å². The second-order valence-electron chi connectivity index (χ2n) is 2.52. The van der Waals surface area contributed by atoms with Crippen LogP contribution < -0.4 is 0 Å². The molecule has 0 rings (SSSR count). The van der Waals surface area contributed by atoms with Crippen molar-refractivity contribution in [3.8, 4) is 0 Å². The van der Waals surface area contributed by atoms with E-state index in [9.17, 15) is 9.59 Å². The van der Waals surface area contributed by atoms with E-state index in [2.05, 4.69) is 11.3 Å². The van der Waals surface area contributed by atoms with Crippen molar-refractivity contribution in [2.24, 2.45) is 0 Å². The van der Waals surface area contributed by atoms with Crippen molar-refractivity contribution in [3.05, 3.63) is 24.0 Å². The molecule has 78 valence electrons. The first-order chi connectivity index (χ1) is 6.56. The number of rotatable bonds is 4. The molecule has 0 aromatic carbocycles. The first-order valence-electron chi connectivity index (χ1n) is 4.19. The van der Waals surface area contributed by atoms with Gasteiger partial charge in [0.2, 0.25) is 0 Å². The highest BCUT2D eigenvalue weighted by Crippen LogP contribution is 2.11. The summed E-state index contributed by atoms with van der Waals surface area (Å²) in [6.45, 7) is 6.58. The highest BCUT2D eigenvalue weighted by molar-refractivity contribution is 5.89. The van der Waals surface area contributed by atoms with E-state index in [4.69, 9.17) is 4.74 Å². The summed E-state index contributed by atoms with van der Waals surface area (Å²) in [5.74, 6) is -0.773. The highest BCUT2D eigenvalue weighted by Gasteiger charge is 2.12. The molecule has 4 nitrogen and oxygen atoms in total. The summed E-state index contributed by atoms with van der Waals surface area (Å²) in [5, 5.41) is 0. The molecule has 0 unspecified atom stereocenters. The summed E-state index contributed by atoms with van der Waals surface area (Å²) < 4.78 is 9.35. The molecule has 0 fully saturated rings. The number of hydrogen-bond donors (Lipinski definition) is 0. The Kier molecular flexibility index (Phi) is 5.29. The Balaban J connectivity index is 4.75. The first-order valence-corrected chi connectivity index (χ1v) is 4.19. The van der Waals surface area contributed by atoms with Crippen molar-refractivity contribution in [2.45, 2.75) is 20.3 Å². The van der Waals surface area contributed by atoms with E-state index < -0.39 is 11.9 Å². The standard InChI is InChI=1S/C10H14O4/c1-5-8(14-9(11)6-2)7(3)10(12)13-4/h6H,2,5H2,1,3-4H3/b8-7-. The molecule has 0 aromatic rings. The second kappa shape index (κ2) is 5.96. The molecule has 0 saturated carbocycles. The predicted molar refractivity (Wildman–Crippen MR) is 51.3 cm³/mol. The zero-order valence-corrected chi connectivity index (χ0v) is 8.62. The van der Waals surface area contributed by atoms with Crippen molar-refractivity contribution in [1.29, 1.82) is 0 Å². The maximum Gasteiger partial charge on any atom is 0.336 e. The molecule has 0 aliphatic carbocycles.